The van der Waals surface area contributed by atoms with Gasteiger partial charge >= 0.3 is 0 Å². The van der Waals surface area contributed by atoms with E-state index < -0.39 is 0 Å². The van der Waals surface area contributed by atoms with Crippen molar-refractivity contribution in [1.82, 2.24) is 15.0 Å². The number of piperidine rings is 1. The molecule has 1 aromatic heterocycles. The molecule has 0 bridgehead atoms. The summed E-state index contributed by atoms with van der Waals surface area (Å²) in [5.74, 6) is 0.720. The summed E-state index contributed by atoms with van der Waals surface area (Å²) in [6.07, 6.45) is 3.56. The number of benzene rings is 1. The molecule has 0 spiro atoms. The first kappa shape index (κ1) is 13.6. The Morgan fingerprint density at radius 1 is 1.10 bits per heavy atom. The summed E-state index contributed by atoms with van der Waals surface area (Å²) in [7, 11) is 0. The van der Waals surface area contributed by atoms with Crippen LogP contribution in [-0.2, 0) is 0 Å². The first-order chi connectivity index (χ1) is 10.2. The largest absolute Gasteiger partial charge is 0.353 e. The molecule has 1 aromatic carbocycles. The Morgan fingerprint density at radius 3 is 2.57 bits per heavy atom. The lowest BCUT2D eigenvalue weighted by atomic mass is 10.1. The molecule has 21 heavy (non-hydrogen) atoms. The monoisotopic (exact) mass is 281 g/mol. The summed E-state index contributed by atoms with van der Waals surface area (Å²) in [6, 6.07) is 8.36. The third-order valence-electron chi connectivity index (χ3n) is 3.94. The van der Waals surface area contributed by atoms with E-state index in [2.05, 4.69) is 39.4 Å². The fourth-order valence-electron chi connectivity index (χ4n) is 2.73. The van der Waals surface area contributed by atoms with Gasteiger partial charge in [0.2, 0.25) is 5.69 Å². The van der Waals surface area contributed by atoms with Gasteiger partial charge in [0.1, 0.15) is 6.07 Å². The van der Waals surface area contributed by atoms with Crippen molar-refractivity contribution in [1.29, 1.82) is 5.26 Å². The van der Waals surface area contributed by atoms with Crippen LogP contribution in [0.2, 0.25) is 0 Å². The van der Waals surface area contributed by atoms with Crippen LogP contribution in [-0.4, -0.2) is 28.1 Å². The van der Waals surface area contributed by atoms with Crippen molar-refractivity contribution in [3.63, 3.8) is 0 Å². The van der Waals surface area contributed by atoms with E-state index in [4.69, 9.17) is 0 Å². The average molecular weight is 281 g/mol. The van der Waals surface area contributed by atoms with E-state index in [1.54, 1.807) is 4.80 Å². The van der Waals surface area contributed by atoms with Crippen molar-refractivity contribution < 1.29 is 0 Å². The second kappa shape index (κ2) is 5.57. The summed E-state index contributed by atoms with van der Waals surface area (Å²) in [4.78, 5) is 3.78. The predicted molar refractivity (Wildman–Crippen MR) is 81.6 cm³/mol. The van der Waals surface area contributed by atoms with Gasteiger partial charge in [-0.2, -0.15) is 5.26 Å². The van der Waals surface area contributed by atoms with Crippen molar-refractivity contribution in [2.45, 2.75) is 33.1 Å². The van der Waals surface area contributed by atoms with Gasteiger partial charge in [0, 0.05) is 13.1 Å². The SMILES string of the molecule is Cc1ccc(C)c(-n2nc(C#N)c(N3CCCCC3)n2)c1. The van der Waals surface area contributed by atoms with Gasteiger partial charge in [0.25, 0.3) is 0 Å². The maximum atomic E-state index is 9.34. The van der Waals surface area contributed by atoms with Crippen LogP contribution in [0, 0.1) is 25.2 Å². The lowest BCUT2D eigenvalue weighted by Gasteiger charge is -2.26. The highest BCUT2D eigenvalue weighted by Gasteiger charge is 2.20. The standard InChI is InChI=1S/C16H19N5/c1-12-6-7-13(2)15(10-12)21-18-14(11-17)16(19-21)20-8-4-3-5-9-20/h6-7,10H,3-5,8-9H2,1-2H3. The molecule has 0 N–H and O–H groups in total. The van der Waals surface area contributed by atoms with Gasteiger partial charge in [-0.25, -0.2) is 0 Å². The molecule has 0 unspecified atom stereocenters. The van der Waals surface area contributed by atoms with Crippen molar-refractivity contribution in [2.24, 2.45) is 0 Å². The number of aromatic nitrogens is 3. The van der Waals surface area contributed by atoms with Gasteiger partial charge < -0.3 is 4.90 Å². The van der Waals surface area contributed by atoms with Crippen molar-refractivity contribution in [3.8, 4) is 11.8 Å². The summed E-state index contributed by atoms with van der Waals surface area (Å²) >= 11 is 0. The van der Waals surface area contributed by atoms with Crippen LogP contribution in [0.1, 0.15) is 36.1 Å². The molecular weight excluding hydrogens is 262 g/mol. The Kier molecular flexibility index (Phi) is 3.61. The summed E-state index contributed by atoms with van der Waals surface area (Å²) < 4.78 is 0. The molecule has 0 atom stereocenters. The zero-order valence-electron chi connectivity index (χ0n) is 12.5. The molecule has 5 nitrogen and oxygen atoms in total. The minimum Gasteiger partial charge on any atom is -0.353 e. The molecule has 1 aliphatic rings. The van der Waals surface area contributed by atoms with Crippen LogP contribution in [0.15, 0.2) is 18.2 Å². The van der Waals surface area contributed by atoms with Gasteiger partial charge in [-0.3, -0.25) is 0 Å². The molecule has 0 saturated carbocycles. The molecule has 0 aliphatic carbocycles. The van der Waals surface area contributed by atoms with Gasteiger partial charge in [-0.15, -0.1) is 15.0 Å². The van der Waals surface area contributed by atoms with Crippen LogP contribution in [0.3, 0.4) is 0 Å². The number of rotatable bonds is 2. The van der Waals surface area contributed by atoms with Crippen LogP contribution in [0.5, 0.6) is 0 Å². The number of nitriles is 1. The molecule has 1 fully saturated rings. The Morgan fingerprint density at radius 2 is 1.86 bits per heavy atom. The summed E-state index contributed by atoms with van der Waals surface area (Å²) in [5, 5.41) is 18.3. The van der Waals surface area contributed by atoms with Crippen LogP contribution in [0.4, 0.5) is 5.82 Å². The lowest BCUT2D eigenvalue weighted by molar-refractivity contribution is 0.571. The van der Waals surface area contributed by atoms with E-state index in [1.165, 1.54) is 6.42 Å². The molecule has 2 heterocycles. The van der Waals surface area contributed by atoms with Crippen LogP contribution in [0.25, 0.3) is 5.69 Å². The first-order valence-corrected chi connectivity index (χ1v) is 7.39. The molecular formula is C16H19N5. The second-order valence-electron chi connectivity index (χ2n) is 5.61. The first-order valence-electron chi connectivity index (χ1n) is 7.39. The number of nitrogens with zero attached hydrogens (tertiary/aromatic N) is 5. The Balaban J connectivity index is 2.03. The molecule has 3 rings (SSSR count). The molecule has 5 heteroatoms. The number of hydrogen-bond donors (Lipinski definition) is 0. The highest BCUT2D eigenvalue weighted by atomic mass is 15.5. The fourth-order valence-corrected chi connectivity index (χ4v) is 2.73. The third kappa shape index (κ3) is 2.62. The van der Waals surface area contributed by atoms with Crippen molar-refractivity contribution in [3.05, 3.63) is 35.0 Å². The summed E-state index contributed by atoms with van der Waals surface area (Å²) in [6.45, 7) is 5.99. The van der Waals surface area contributed by atoms with Gasteiger partial charge in [-0.05, 0) is 50.3 Å². The lowest BCUT2D eigenvalue weighted by Crippen LogP contribution is -2.30. The average Bonchev–Trinajstić information content (AvgIpc) is 2.94. The normalized spacial score (nSPS) is 15.0. The van der Waals surface area contributed by atoms with Gasteiger partial charge in [0.15, 0.2) is 5.82 Å². The molecule has 1 aliphatic heterocycles. The molecule has 0 radical (unpaired) electrons. The van der Waals surface area contributed by atoms with Crippen LogP contribution >= 0.6 is 0 Å². The number of hydrogen-bond acceptors (Lipinski definition) is 4. The van der Waals surface area contributed by atoms with E-state index in [0.717, 1.165) is 48.6 Å². The topological polar surface area (TPSA) is 57.7 Å². The molecule has 108 valence electrons. The summed E-state index contributed by atoms with van der Waals surface area (Å²) in [5.41, 5.74) is 3.61. The van der Waals surface area contributed by atoms with Crippen molar-refractivity contribution in [2.75, 3.05) is 18.0 Å². The van der Waals surface area contributed by atoms with E-state index >= 15 is 0 Å². The predicted octanol–water partition coefficient (Wildman–Crippen LogP) is 2.75. The smallest absolute Gasteiger partial charge is 0.207 e. The molecule has 2 aromatic rings. The second-order valence-corrected chi connectivity index (χ2v) is 5.61. The Bertz CT molecular complexity index is 689. The third-order valence-corrected chi connectivity index (χ3v) is 3.94. The van der Waals surface area contributed by atoms with E-state index in [9.17, 15) is 5.26 Å². The zero-order chi connectivity index (χ0) is 14.8. The number of anilines is 1. The number of aryl methyl sites for hydroxylation is 2. The maximum Gasteiger partial charge on any atom is 0.207 e. The van der Waals surface area contributed by atoms with Crippen molar-refractivity contribution >= 4 is 5.82 Å². The minimum atomic E-state index is 0.415. The highest BCUT2D eigenvalue weighted by Crippen LogP contribution is 2.22. The minimum absolute atomic E-state index is 0.415. The van der Waals surface area contributed by atoms with Gasteiger partial charge in [-0.1, -0.05) is 12.1 Å². The van der Waals surface area contributed by atoms with Crippen LogP contribution < -0.4 is 4.90 Å². The molecule has 1 saturated heterocycles. The van der Waals surface area contributed by atoms with E-state index in [0.29, 0.717) is 5.69 Å². The maximum absolute atomic E-state index is 9.34. The quantitative estimate of drug-likeness (QED) is 0.849. The van der Waals surface area contributed by atoms with E-state index in [-0.39, 0.29) is 0 Å². The van der Waals surface area contributed by atoms with E-state index in [1.807, 2.05) is 13.8 Å². The highest BCUT2D eigenvalue weighted by molar-refractivity contribution is 5.51. The zero-order valence-corrected chi connectivity index (χ0v) is 12.5. The Hall–Kier alpha value is -2.35. The van der Waals surface area contributed by atoms with Gasteiger partial charge in [0.05, 0.1) is 5.69 Å². The molecule has 0 amide bonds. The fraction of sp³-hybridized carbons (Fsp3) is 0.438. The Labute approximate surface area is 124 Å².